The molecule has 7 nitrogen and oxygen atoms in total. The van der Waals surface area contributed by atoms with Crippen molar-refractivity contribution in [2.75, 3.05) is 26.3 Å². The lowest BCUT2D eigenvalue weighted by Gasteiger charge is -2.33. The fourth-order valence-electron chi connectivity index (χ4n) is 2.17. The summed E-state index contributed by atoms with van der Waals surface area (Å²) in [5.74, 6) is -1.14. The van der Waals surface area contributed by atoms with Crippen LogP contribution in [0, 0.1) is 0 Å². The highest BCUT2D eigenvalue weighted by Crippen LogP contribution is 2.13. The number of nitrogens with zero attached hydrogens (tertiary/aromatic N) is 1. The SMILES string of the molecule is CCCOC1CCCN(C(=O)N[C@@H](CCO)C(=O)O)C1. The van der Waals surface area contributed by atoms with Gasteiger partial charge in [0.25, 0.3) is 0 Å². The molecule has 1 aliphatic heterocycles. The molecule has 1 saturated heterocycles. The van der Waals surface area contributed by atoms with E-state index in [0.717, 1.165) is 19.3 Å². The van der Waals surface area contributed by atoms with Gasteiger partial charge >= 0.3 is 12.0 Å². The Balaban J connectivity index is 2.46. The molecule has 1 unspecified atom stereocenters. The summed E-state index contributed by atoms with van der Waals surface area (Å²) in [6.07, 6.45) is 2.73. The molecule has 0 aromatic carbocycles. The van der Waals surface area contributed by atoms with Gasteiger partial charge < -0.3 is 25.2 Å². The van der Waals surface area contributed by atoms with E-state index in [1.807, 2.05) is 6.92 Å². The Labute approximate surface area is 118 Å². The van der Waals surface area contributed by atoms with Crippen LogP contribution in [0.1, 0.15) is 32.6 Å². The van der Waals surface area contributed by atoms with Gasteiger partial charge in [0.05, 0.1) is 6.10 Å². The third kappa shape index (κ3) is 5.34. The molecule has 3 N–H and O–H groups in total. The number of rotatable bonds is 7. The number of hydrogen-bond acceptors (Lipinski definition) is 4. The molecule has 20 heavy (non-hydrogen) atoms. The highest BCUT2D eigenvalue weighted by atomic mass is 16.5. The van der Waals surface area contributed by atoms with Gasteiger partial charge in [-0.3, -0.25) is 0 Å². The lowest BCUT2D eigenvalue weighted by atomic mass is 10.1. The summed E-state index contributed by atoms with van der Waals surface area (Å²) in [5.41, 5.74) is 0. The molecule has 0 saturated carbocycles. The van der Waals surface area contributed by atoms with Crippen LogP contribution in [0.4, 0.5) is 4.79 Å². The van der Waals surface area contributed by atoms with Gasteiger partial charge in [0.15, 0.2) is 0 Å². The maximum Gasteiger partial charge on any atom is 0.326 e. The molecule has 0 spiro atoms. The molecule has 7 heteroatoms. The van der Waals surface area contributed by atoms with Gasteiger partial charge in [-0.25, -0.2) is 9.59 Å². The fraction of sp³-hybridized carbons (Fsp3) is 0.846. The molecule has 2 amide bonds. The topological polar surface area (TPSA) is 99.1 Å². The third-order valence-electron chi connectivity index (χ3n) is 3.24. The molecular formula is C13H24N2O5. The van der Waals surface area contributed by atoms with Crippen molar-refractivity contribution in [1.82, 2.24) is 10.2 Å². The van der Waals surface area contributed by atoms with Gasteiger partial charge in [-0.05, 0) is 19.3 Å². The number of carboxylic acid groups (broad SMARTS) is 1. The van der Waals surface area contributed by atoms with Gasteiger partial charge in [0, 0.05) is 32.7 Å². The van der Waals surface area contributed by atoms with Crippen LogP contribution in [-0.2, 0) is 9.53 Å². The number of aliphatic carboxylic acids is 1. The number of urea groups is 1. The number of likely N-dealkylation sites (tertiary alicyclic amines) is 1. The normalized spacial score (nSPS) is 20.5. The van der Waals surface area contributed by atoms with Crippen LogP contribution in [0.25, 0.3) is 0 Å². The van der Waals surface area contributed by atoms with Crippen molar-refractivity contribution in [3.05, 3.63) is 0 Å². The Bertz CT molecular complexity index is 324. The van der Waals surface area contributed by atoms with Crippen LogP contribution in [0.15, 0.2) is 0 Å². The van der Waals surface area contributed by atoms with Gasteiger partial charge in [-0.15, -0.1) is 0 Å². The number of hydrogen-bond donors (Lipinski definition) is 3. The minimum absolute atomic E-state index is 0.00464. The zero-order chi connectivity index (χ0) is 15.0. The number of aliphatic hydroxyl groups excluding tert-OH is 1. The van der Waals surface area contributed by atoms with Gasteiger partial charge in [0.1, 0.15) is 6.04 Å². The van der Waals surface area contributed by atoms with E-state index in [1.54, 1.807) is 4.90 Å². The van der Waals surface area contributed by atoms with Crippen molar-refractivity contribution in [2.24, 2.45) is 0 Å². The summed E-state index contributed by atoms with van der Waals surface area (Å²) in [7, 11) is 0. The van der Waals surface area contributed by atoms with Crippen LogP contribution >= 0.6 is 0 Å². The number of nitrogens with one attached hydrogen (secondary N) is 1. The van der Waals surface area contributed by atoms with Crippen LogP contribution in [0.5, 0.6) is 0 Å². The van der Waals surface area contributed by atoms with E-state index in [2.05, 4.69) is 5.32 Å². The molecular weight excluding hydrogens is 264 g/mol. The Morgan fingerprint density at radius 3 is 2.85 bits per heavy atom. The van der Waals surface area contributed by atoms with Crippen LogP contribution < -0.4 is 5.32 Å². The molecule has 0 aromatic heterocycles. The standard InChI is InChI=1S/C13H24N2O5/c1-2-8-20-10-4-3-6-15(9-10)13(19)14-11(5-7-16)12(17)18/h10-11,16H,2-9H2,1H3,(H,14,19)(H,17,18)/t10?,11-/m0/s1. The van der Waals surface area contributed by atoms with Crippen LogP contribution in [0.3, 0.4) is 0 Å². The first-order chi connectivity index (χ1) is 9.58. The largest absolute Gasteiger partial charge is 0.480 e. The minimum Gasteiger partial charge on any atom is -0.480 e. The Morgan fingerprint density at radius 2 is 2.25 bits per heavy atom. The van der Waals surface area contributed by atoms with E-state index in [4.69, 9.17) is 14.9 Å². The molecule has 0 aliphatic carbocycles. The van der Waals surface area contributed by atoms with Crippen molar-refractivity contribution in [2.45, 2.75) is 44.8 Å². The predicted octanol–water partition coefficient (Wildman–Crippen LogP) is 0.423. The Hall–Kier alpha value is -1.34. The molecule has 1 aliphatic rings. The summed E-state index contributed by atoms with van der Waals surface area (Å²) >= 11 is 0. The highest BCUT2D eigenvalue weighted by Gasteiger charge is 2.27. The molecule has 116 valence electrons. The summed E-state index contributed by atoms with van der Waals surface area (Å²) in [6.45, 7) is 3.50. The summed E-state index contributed by atoms with van der Waals surface area (Å²) in [5, 5.41) is 20.2. The predicted molar refractivity (Wildman–Crippen MR) is 72.5 cm³/mol. The molecule has 1 heterocycles. The minimum atomic E-state index is -1.14. The van der Waals surface area contributed by atoms with E-state index < -0.39 is 18.0 Å². The molecule has 0 bridgehead atoms. The fourth-order valence-corrected chi connectivity index (χ4v) is 2.17. The molecule has 2 atom stereocenters. The molecule has 0 aromatic rings. The highest BCUT2D eigenvalue weighted by molar-refractivity contribution is 5.82. The molecule has 0 radical (unpaired) electrons. The lowest BCUT2D eigenvalue weighted by Crippen LogP contribution is -2.52. The smallest absolute Gasteiger partial charge is 0.326 e. The maximum atomic E-state index is 12.0. The number of aliphatic hydroxyl groups is 1. The summed E-state index contributed by atoms with van der Waals surface area (Å²) < 4.78 is 5.63. The number of piperidine rings is 1. The van der Waals surface area contributed by atoms with Gasteiger partial charge in [-0.1, -0.05) is 6.92 Å². The van der Waals surface area contributed by atoms with Gasteiger partial charge in [-0.2, -0.15) is 0 Å². The zero-order valence-corrected chi connectivity index (χ0v) is 11.9. The first-order valence-electron chi connectivity index (χ1n) is 7.09. The second kappa shape index (κ2) is 8.76. The molecule has 1 rings (SSSR count). The summed E-state index contributed by atoms with van der Waals surface area (Å²) in [6, 6.07) is -1.46. The van der Waals surface area contributed by atoms with Crippen molar-refractivity contribution in [3.63, 3.8) is 0 Å². The lowest BCUT2D eigenvalue weighted by molar-refractivity contribution is -0.139. The average Bonchev–Trinajstić information content (AvgIpc) is 2.44. The monoisotopic (exact) mass is 288 g/mol. The number of carboxylic acids is 1. The van der Waals surface area contributed by atoms with Gasteiger partial charge in [0.2, 0.25) is 0 Å². The first-order valence-corrected chi connectivity index (χ1v) is 7.09. The maximum absolute atomic E-state index is 12.0. The third-order valence-corrected chi connectivity index (χ3v) is 3.24. The van der Waals surface area contributed by atoms with E-state index in [0.29, 0.717) is 19.7 Å². The van der Waals surface area contributed by atoms with E-state index in [-0.39, 0.29) is 19.1 Å². The van der Waals surface area contributed by atoms with Crippen molar-refractivity contribution in [3.8, 4) is 0 Å². The van der Waals surface area contributed by atoms with Crippen molar-refractivity contribution < 1.29 is 24.5 Å². The van der Waals surface area contributed by atoms with E-state index >= 15 is 0 Å². The van der Waals surface area contributed by atoms with Crippen molar-refractivity contribution in [1.29, 1.82) is 0 Å². The van der Waals surface area contributed by atoms with E-state index in [1.165, 1.54) is 0 Å². The quantitative estimate of drug-likeness (QED) is 0.630. The average molecular weight is 288 g/mol. The van der Waals surface area contributed by atoms with Crippen molar-refractivity contribution >= 4 is 12.0 Å². The number of amides is 2. The summed E-state index contributed by atoms with van der Waals surface area (Å²) in [4.78, 5) is 24.5. The molecule has 1 fully saturated rings. The zero-order valence-electron chi connectivity index (χ0n) is 11.9. The second-order valence-corrected chi connectivity index (χ2v) is 4.93. The Morgan fingerprint density at radius 1 is 1.50 bits per heavy atom. The number of carbonyl (C=O) groups excluding carboxylic acids is 1. The number of ether oxygens (including phenoxy) is 1. The van der Waals surface area contributed by atoms with Crippen LogP contribution in [-0.4, -0.2) is 65.6 Å². The van der Waals surface area contributed by atoms with E-state index in [9.17, 15) is 9.59 Å². The second-order valence-electron chi connectivity index (χ2n) is 4.93. The Kier molecular flexibility index (Phi) is 7.32. The number of carbonyl (C=O) groups is 2. The first kappa shape index (κ1) is 16.7. The van der Waals surface area contributed by atoms with Crippen LogP contribution in [0.2, 0.25) is 0 Å².